The van der Waals surface area contributed by atoms with Crippen LogP contribution in [-0.4, -0.2) is 38.7 Å². The van der Waals surface area contributed by atoms with Crippen molar-refractivity contribution in [2.45, 2.75) is 32.7 Å². The van der Waals surface area contributed by atoms with Crippen LogP contribution in [0.25, 0.3) is 11.3 Å². The summed E-state index contributed by atoms with van der Waals surface area (Å²) in [5, 5.41) is 5.96. The van der Waals surface area contributed by atoms with Crippen LogP contribution in [0.15, 0.2) is 30.3 Å². The first kappa shape index (κ1) is 19.0. The third-order valence-electron chi connectivity index (χ3n) is 5.01. The van der Waals surface area contributed by atoms with Crippen LogP contribution >= 0.6 is 22.9 Å². The summed E-state index contributed by atoms with van der Waals surface area (Å²) in [5.41, 5.74) is 9.67. The average Bonchev–Trinajstić information content (AvgIpc) is 3.18. The highest BCUT2D eigenvalue weighted by molar-refractivity contribution is 7.15. The van der Waals surface area contributed by atoms with Crippen molar-refractivity contribution in [2.75, 3.05) is 18.8 Å². The van der Waals surface area contributed by atoms with Crippen LogP contribution in [0.5, 0.6) is 0 Å². The molecule has 0 radical (unpaired) electrons. The number of thiazole rings is 1. The van der Waals surface area contributed by atoms with Gasteiger partial charge in [0.15, 0.2) is 5.13 Å². The Morgan fingerprint density at radius 1 is 1.29 bits per heavy atom. The Labute approximate surface area is 172 Å². The van der Waals surface area contributed by atoms with E-state index in [1.165, 1.54) is 16.2 Å². The fourth-order valence-corrected chi connectivity index (χ4v) is 4.58. The van der Waals surface area contributed by atoms with E-state index in [2.05, 4.69) is 17.0 Å². The second-order valence-corrected chi connectivity index (χ2v) is 8.40. The lowest BCUT2D eigenvalue weighted by Gasteiger charge is -2.20. The van der Waals surface area contributed by atoms with Crippen molar-refractivity contribution in [1.82, 2.24) is 19.7 Å². The summed E-state index contributed by atoms with van der Waals surface area (Å²) in [7, 11) is 0. The van der Waals surface area contributed by atoms with E-state index >= 15 is 0 Å². The summed E-state index contributed by atoms with van der Waals surface area (Å²) in [6.07, 6.45) is 2.37. The monoisotopic (exact) mass is 415 g/mol. The van der Waals surface area contributed by atoms with E-state index in [9.17, 15) is 4.79 Å². The van der Waals surface area contributed by atoms with Crippen LogP contribution < -0.4 is 5.73 Å². The van der Waals surface area contributed by atoms with Gasteiger partial charge in [-0.25, -0.2) is 4.98 Å². The predicted octanol–water partition coefficient (Wildman–Crippen LogP) is 3.43. The van der Waals surface area contributed by atoms with Gasteiger partial charge in [0.25, 0.3) is 0 Å². The molecule has 146 valence electrons. The molecular formula is C20H22ClN5OS. The molecular weight excluding hydrogens is 394 g/mol. The van der Waals surface area contributed by atoms with Crippen LogP contribution in [-0.2, 0) is 30.6 Å². The van der Waals surface area contributed by atoms with Gasteiger partial charge in [-0.1, -0.05) is 30.7 Å². The second kappa shape index (κ2) is 7.93. The lowest BCUT2D eigenvalue weighted by Crippen LogP contribution is -2.36. The molecule has 0 aliphatic carbocycles. The highest BCUT2D eigenvalue weighted by Crippen LogP contribution is 2.25. The molecule has 2 N–H and O–H groups in total. The number of amides is 1. The number of benzene rings is 1. The molecule has 0 saturated heterocycles. The number of nitrogens with two attached hydrogens (primary N) is 1. The van der Waals surface area contributed by atoms with Crippen molar-refractivity contribution in [1.29, 1.82) is 0 Å². The Morgan fingerprint density at radius 2 is 2.11 bits per heavy atom. The number of carbonyl (C=O) groups excluding carboxylic acids is 1. The van der Waals surface area contributed by atoms with Crippen molar-refractivity contribution in [3.8, 4) is 11.3 Å². The molecule has 6 nitrogen and oxygen atoms in total. The quantitative estimate of drug-likeness (QED) is 0.708. The van der Waals surface area contributed by atoms with Crippen molar-refractivity contribution in [3.63, 3.8) is 0 Å². The van der Waals surface area contributed by atoms with Gasteiger partial charge >= 0.3 is 0 Å². The smallest absolute Gasteiger partial charge is 0.244 e. The number of hydrogen-bond donors (Lipinski definition) is 1. The number of nitrogens with zero attached hydrogens (tertiary/aromatic N) is 4. The molecule has 1 aliphatic rings. The average molecular weight is 416 g/mol. The summed E-state index contributed by atoms with van der Waals surface area (Å²) in [4.78, 5) is 20.4. The Morgan fingerprint density at radius 3 is 2.89 bits per heavy atom. The number of nitrogen functional groups attached to an aromatic ring is 1. The summed E-state index contributed by atoms with van der Waals surface area (Å²) < 4.78 is 1.81. The number of rotatable bonds is 4. The zero-order chi connectivity index (χ0) is 19.7. The zero-order valence-corrected chi connectivity index (χ0v) is 17.3. The topological polar surface area (TPSA) is 77.0 Å². The number of hydrogen-bond acceptors (Lipinski definition) is 5. The van der Waals surface area contributed by atoms with Gasteiger partial charge in [-0.15, -0.1) is 11.3 Å². The van der Waals surface area contributed by atoms with Crippen molar-refractivity contribution in [3.05, 3.63) is 51.6 Å². The van der Waals surface area contributed by atoms with E-state index in [1.807, 2.05) is 39.9 Å². The molecule has 2 aromatic heterocycles. The van der Waals surface area contributed by atoms with Crippen LogP contribution in [0.4, 0.5) is 5.13 Å². The Kier molecular flexibility index (Phi) is 5.37. The van der Waals surface area contributed by atoms with E-state index in [1.54, 1.807) is 0 Å². The van der Waals surface area contributed by atoms with Gasteiger partial charge in [-0.05, 0) is 24.6 Å². The van der Waals surface area contributed by atoms with E-state index in [0.717, 1.165) is 41.9 Å². The van der Waals surface area contributed by atoms with E-state index in [-0.39, 0.29) is 12.5 Å². The van der Waals surface area contributed by atoms with Gasteiger partial charge in [0, 0.05) is 47.1 Å². The molecule has 0 bridgehead atoms. The molecule has 4 rings (SSSR count). The summed E-state index contributed by atoms with van der Waals surface area (Å²) in [6, 6.07) is 9.65. The van der Waals surface area contributed by atoms with Gasteiger partial charge < -0.3 is 10.6 Å². The maximum absolute atomic E-state index is 12.9. The maximum atomic E-state index is 12.9. The number of aromatic nitrogens is 3. The minimum atomic E-state index is 0.0820. The van der Waals surface area contributed by atoms with Crippen molar-refractivity contribution < 1.29 is 4.79 Å². The Hall–Kier alpha value is -2.38. The Balaban J connectivity index is 1.49. The van der Waals surface area contributed by atoms with Crippen molar-refractivity contribution in [2.24, 2.45) is 0 Å². The number of aryl methyl sites for hydroxylation is 1. The first-order valence-corrected chi connectivity index (χ1v) is 10.6. The number of halogens is 1. The molecule has 0 fully saturated rings. The van der Waals surface area contributed by atoms with Crippen LogP contribution in [0, 0.1) is 0 Å². The fourth-order valence-electron chi connectivity index (χ4n) is 3.53. The van der Waals surface area contributed by atoms with Crippen LogP contribution in [0.2, 0.25) is 5.02 Å². The van der Waals surface area contributed by atoms with E-state index < -0.39 is 0 Å². The summed E-state index contributed by atoms with van der Waals surface area (Å²) in [6.45, 7) is 3.67. The molecule has 28 heavy (non-hydrogen) atoms. The third kappa shape index (κ3) is 3.91. The van der Waals surface area contributed by atoms with Gasteiger partial charge in [0.2, 0.25) is 5.91 Å². The first-order chi connectivity index (χ1) is 13.5. The van der Waals surface area contributed by atoms with Gasteiger partial charge in [-0.2, -0.15) is 5.10 Å². The number of anilines is 1. The van der Waals surface area contributed by atoms with Gasteiger partial charge in [0.05, 0.1) is 11.4 Å². The molecule has 8 heteroatoms. The fraction of sp³-hybridized carbons (Fsp3) is 0.350. The molecule has 1 aromatic carbocycles. The van der Waals surface area contributed by atoms with E-state index in [4.69, 9.17) is 17.3 Å². The SMILES string of the molecule is CCc1cc(-c2cccc(Cl)c2)nn1CC(=O)N1CCc2nc(N)sc2CC1. The molecule has 0 atom stereocenters. The third-order valence-corrected chi connectivity index (χ3v) is 6.23. The molecule has 1 amide bonds. The molecule has 0 spiro atoms. The maximum Gasteiger partial charge on any atom is 0.244 e. The van der Waals surface area contributed by atoms with E-state index in [0.29, 0.717) is 23.2 Å². The van der Waals surface area contributed by atoms with Gasteiger partial charge in [0.1, 0.15) is 6.54 Å². The number of fused-ring (bicyclic) bond motifs is 1. The molecule has 1 aliphatic heterocycles. The van der Waals surface area contributed by atoms with Crippen LogP contribution in [0.3, 0.4) is 0 Å². The lowest BCUT2D eigenvalue weighted by atomic mass is 10.1. The highest BCUT2D eigenvalue weighted by atomic mass is 35.5. The lowest BCUT2D eigenvalue weighted by molar-refractivity contribution is -0.132. The highest BCUT2D eigenvalue weighted by Gasteiger charge is 2.22. The normalized spacial score (nSPS) is 14.0. The van der Waals surface area contributed by atoms with Crippen molar-refractivity contribution >= 4 is 34.0 Å². The minimum Gasteiger partial charge on any atom is -0.375 e. The number of carbonyl (C=O) groups is 1. The van der Waals surface area contributed by atoms with Gasteiger partial charge in [-0.3, -0.25) is 9.48 Å². The largest absolute Gasteiger partial charge is 0.375 e. The molecule has 3 heterocycles. The molecule has 0 unspecified atom stereocenters. The molecule has 0 saturated carbocycles. The minimum absolute atomic E-state index is 0.0820. The second-order valence-electron chi connectivity index (χ2n) is 6.85. The predicted molar refractivity (Wildman–Crippen MR) is 113 cm³/mol. The standard InChI is InChI=1S/C20H22ClN5OS/c1-2-15-11-17(13-4-3-5-14(21)10-13)24-26(15)12-19(27)25-8-6-16-18(7-9-25)28-20(22)23-16/h3-5,10-11H,2,6-9,12H2,1H3,(H2,22,23). The molecule has 3 aromatic rings. The first-order valence-electron chi connectivity index (χ1n) is 9.38. The van der Waals surface area contributed by atoms with Crippen LogP contribution in [0.1, 0.15) is 23.2 Å². The Bertz CT molecular complexity index is 986. The summed E-state index contributed by atoms with van der Waals surface area (Å²) in [5.74, 6) is 0.0820. The zero-order valence-electron chi connectivity index (χ0n) is 15.7. The summed E-state index contributed by atoms with van der Waals surface area (Å²) >= 11 is 7.64.